The van der Waals surface area contributed by atoms with Gasteiger partial charge in [-0.3, -0.25) is 29.2 Å². The number of carbonyl (C=O) groups is 4. The van der Waals surface area contributed by atoms with Crippen molar-refractivity contribution in [2.24, 2.45) is 12.2 Å². The number of sulfonamides is 1. The molecule has 4 amide bonds. The van der Waals surface area contributed by atoms with E-state index in [0.29, 0.717) is 36.5 Å². The Morgan fingerprint density at radius 1 is 1.00 bits per heavy atom. The number of halogens is 1. The number of methoxy groups -OCH3 is 3. The number of pyridine rings is 1. The summed E-state index contributed by atoms with van der Waals surface area (Å²) in [6, 6.07) is 5.70. The Bertz CT molecular complexity index is 3020. The Morgan fingerprint density at radius 3 is 2.16 bits per heavy atom. The van der Waals surface area contributed by atoms with Crippen molar-refractivity contribution in [2.45, 2.75) is 50.1 Å². The van der Waals surface area contributed by atoms with E-state index in [2.05, 4.69) is 35.9 Å². The highest BCUT2D eigenvalue weighted by molar-refractivity contribution is 7.90. The van der Waals surface area contributed by atoms with Gasteiger partial charge in [0.15, 0.2) is 20.6 Å². The number of nitrogens with zero attached hydrogens (tertiary/aromatic N) is 7. The van der Waals surface area contributed by atoms with E-state index in [4.69, 9.17) is 30.6 Å². The average molecular weight is 1050 g/mol. The van der Waals surface area contributed by atoms with Crippen LogP contribution in [0.3, 0.4) is 0 Å². The molecule has 5 aromatic rings. The van der Waals surface area contributed by atoms with Gasteiger partial charge in [0, 0.05) is 69.3 Å². The van der Waals surface area contributed by atoms with E-state index < -0.39 is 48.2 Å². The SMILES string of the molecule is COC[C@H](C)N(C(=O)CCl)c1c(C)csc1C.COc1cc(OC)nc(NC(=O)NS(=O)(=O)c2ncccc2C(=O)N(C)C)n1.Cc1c(C(=O)c2c[nH]n(C)c2=O)ccc(S(C)(=O)=O)c1C1=NOCC1. The molecule has 0 radical (unpaired) electrons. The molecule has 4 aromatic heterocycles. The molecule has 0 saturated carbocycles. The number of aromatic amines is 1. The predicted molar refractivity (Wildman–Crippen MR) is 261 cm³/mol. The minimum absolute atomic E-state index is 0.00623. The molecular formula is C43H53ClN10O13S3. The topological polar surface area (TPSA) is 293 Å². The van der Waals surface area contributed by atoms with E-state index in [-0.39, 0.29) is 57.1 Å². The Kier molecular flexibility index (Phi) is 19.3. The molecule has 6 rings (SSSR count). The number of nitrogens with one attached hydrogen (secondary N) is 3. The normalized spacial score (nSPS) is 12.4. The van der Waals surface area contributed by atoms with E-state index in [1.165, 1.54) is 87.7 Å². The van der Waals surface area contributed by atoms with Gasteiger partial charge in [0.1, 0.15) is 18.1 Å². The number of hydrogen-bond acceptors (Lipinski definition) is 18. The summed E-state index contributed by atoms with van der Waals surface area (Å²) in [5, 5.41) is 10.2. The third-order valence-corrected chi connectivity index (χ3v) is 13.6. The molecule has 0 unspecified atom stereocenters. The lowest BCUT2D eigenvalue weighted by Gasteiger charge is -2.29. The summed E-state index contributed by atoms with van der Waals surface area (Å²) in [5.41, 5.74) is 3.01. The first-order valence-corrected chi connectivity index (χ1v) is 25.4. The number of benzene rings is 1. The van der Waals surface area contributed by atoms with Crippen LogP contribution in [0.4, 0.5) is 16.4 Å². The van der Waals surface area contributed by atoms with Crippen molar-refractivity contribution < 1.29 is 55.1 Å². The number of ketones is 1. The molecule has 1 atom stereocenters. The molecule has 1 aliphatic rings. The highest BCUT2D eigenvalue weighted by Crippen LogP contribution is 2.32. The Hall–Kier alpha value is -6.74. The van der Waals surface area contributed by atoms with Crippen LogP contribution >= 0.6 is 22.9 Å². The smallest absolute Gasteiger partial charge is 0.335 e. The lowest BCUT2D eigenvalue weighted by atomic mass is 9.93. The zero-order chi connectivity index (χ0) is 52.2. The average Bonchev–Trinajstić information content (AvgIpc) is 4.06. The minimum atomic E-state index is -4.46. The van der Waals surface area contributed by atoms with Crippen LogP contribution in [0.2, 0.25) is 0 Å². The molecular weight excluding hydrogens is 996 g/mol. The molecule has 0 spiro atoms. The van der Waals surface area contributed by atoms with E-state index >= 15 is 0 Å². The third-order valence-electron chi connectivity index (χ3n) is 9.95. The summed E-state index contributed by atoms with van der Waals surface area (Å²) in [4.78, 5) is 81.7. The number of carbonyl (C=O) groups excluding carboxylic acids is 4. The Balaban J connectivity index is 0.000000235. The van der Waals surface area contributed by atoms with E-state index in [9.17, 15) is 40.8 Å². The minimum Gasteiger partial charge on any atom is -0.481 e. The van der Waals surface area contributed by atoms with Gasteiger partial charge in [0.05, 0.1) is 54.8 Å². The summed E-state index contributed by atoms with van der Waals surface area (Å²) < 4.78 is 67.3. The van der Waals surface area contributed by atoms with Crippen molar-refractivity contribution in [3.8, 4) is 11.8 Å². The van der Waals surface area contributed by atoms with Crippen LogP contribution in [0.1, 0.15) is 61.2 Å². The highest BCUT2D eigenvalue weighted by atomic mass is 35.5. The molecule has 3 N–H and O–H groups in total. The quantitative estimate of drug-likeness (QED) is 0.0991. The number of ether oxygens (including phenoxy) is 3. The number of aromatic nitrogens is 5. The number of oxime groups is 1. The van der Waals surface area contributed by atoms with Crippen LogP contribution in [0, 0.1) is 20.8 Å². The van der Waals surface area contributed by atoms with E-state index in [1.54, 1.807) is 35.0 Å². The number of thiophene rings is 1. The molecule has 1 aliphatic heterocycles. The third kappa shape index (κ3) is 13.5. The van der Waals surface area contributed by atoms with Crippen LogP contribution in [0.15, 0.2) is 68.0 Å². The van der Waals surface area contributed by atoms with Crippen LogP contribution in [0.5, 0.6) is 11.8 Å². The number of rotatable bonds is 15. The van der Waals surface area contributed by atoms with Gasteiger partial charge in [-0.1, -0.05) is 5.16 Å². The first-order chi connectivity index (χ1) is 32.9. The fourth-order valence-corrected chi connectivity index (χ4v) is 9.68. The summed E-state index contributed by atoms with van der Waals surface area (Å²) in [6.07, 6.45) is 4.08. The van der Waals surface area contributed by atoms with Crippen LogP contribution in [-0.4, -0.2) is 143 Å². The van der Waals surface area contributed by atoms with Crippen molar-refractivity contribution in [1.29, 1.82) is 0 Å². The van der Waals surface area contributed by atoms with Crippen molar-refractivity contribution in [3.63, 3.8) is 0 Å². The summed E-state index contributed by atoms with van der Waals surface area (Å²) in [6.45, 7) is 8.49. The number of anilines is 2. The summed E-state index contributed by atoms with van der Waals surface area (Å²) >= 11 is 7.33. The zero-order valence-electron chi connectivity index (χ0n) is 40.1. The maximum absolute atomic E-state index is 12.8. The lowest BCUT2D eigenvalue weighted by molar-refractivity contribution is -0.116. The second kappa shape index (κ2) is 24.2. The van der Waals surface area contributed by atoms with Crippen molar-refractivity contribution in [2.75, 3.05) is 71.0 Å². The van der Waals surface area contributed by atoms with Gasteiger partial charge in [-0.05, 0) is 68.5 Å². The fourth-order valence-electron chi connectivity index (χ4n) is 6.72. The molecule has 70 heavy (non-hydrogen) atoms. The zero-order valence-corrected chi connectivity index (χ0v) is 43.3. The number of alkyl halides is 1. The molecule has 0 bridgehead atoms. The van der Waals surface area contributed by atoms with Gasteiger partial charge in [-0.15, -0.1) is 22.9 Å². The molecule has 1 aromatic carbocycles. The maximum Gasteiger partial charge on any atom is 0.335 e. The second-order valence-corrected chi connectivity index (χ2v) is 20.2. The van der Waals surface area contributed by atoms with E-state index in [0.717, 1.165) is 22.4 Å². The Morgan fingerprint density at radius 2 is 1.66 bits per heavy atom. The molecule has 0 saturated heterocycles. The summed E-state index contributed by atoms with van der Waals surface area (Å²) in [5.74, 6) is -1.23. The fraction of sp³-hybridized carbons (Fsp3) is 0.372. The number of sulfone groups is 1. The van der Waals surface area contributed by atoms with Crippen LogP contribution < -0.4 is 30.0 Å². The monoisotopic (exact) mass is 1050 g/mol. The molecule has 0 aliphatic carbocycles. The largest absolute Gasteiger partial charge is 0.481 e. The summed E-state index contributed by atoms with van der Waals surface area (Å²) in [7, 11) is 0.768. The number of H-pyrrole nitrogens is 1. The lowest BCUT2D eigenvalue weighted by Crippen LogP contribution is -2.42. The van der Waals surface area contributed by atoms with Gasteiger partial charge in [-0.25, -0.2) is 22.9 Å². The molecule has 378 valence electrons. The molecule has 0 fully saturated rings. The predicted octanol–water partition coefficient (Wildman–Crippen LogP) is 3.85. The van der Waals surface area contributed by atoms with Crippen molar-refractivity contribution in [3.05, 3.63) is 96.7 Å². The maximum atomic E-state index is 12.8. The van der Waals surface area contributed by atoms with Gasteiger partial charge in [-0.2, -0.15) is 18.4 Å². The first-order valence-electron chi connectivity index (χ1n) is 20.6. The standard InChI is InChI=1S/C16H17N3O5S.C15H18N6O6S.C12H18ClNO2S/c1-9-10(15(20)11-8-17-19(2)16(11)21)4-5-13(25(3,22)23)14(9)12-6-7-24-18-12;1-21(2)13(22)9-6-5-7-16-12(9)28(24,25)20-15(23)19-14-17-10(26-3)8-11(18-14)27-4;1-8-7-17-10(3)12(8)14(11(15)5-13)9(2)6-16-4/h4-5,8,17H,6-7H2,1-3H3;5-8H,1-4H3,(H2,17,18,19,20,23);7,9H,5-6H2,1-4H3/t;;9-/m..0/s1. The Labute approximate surface area is 413 Å². The van der Waals surface area contributed by atoms with Gasteiger partial charge < -0.3 is 33.9 Å². The number of aryl methyl sites for hydroxylation is 3. The van der Waals surface area contributed by atoms with Gasteiger partial charge in [0.25, 0.3) is 21.5 Å². The van der Waals surface area contributed by atoms with E-state index in [1.807, 2.05) is 20.8 Å². The van der Waals surface area contributed by atoms with Crippen molar-refractivity contribution in [1.82, 2.24) is 34.4 Å². The van der Waals surface area contributed by atoms with Crippen LogP contribution in [0.25, 0.3) is 0 Å². The first kappa shape index (κ1) is 55.9. The number of hydrogen-bond donors (Lipinski definition) is 3. The molecule has 5 heterocycles. The number of urea groups is 1. The van der Waals surface area contributed by atoms with Gasteiger partial charge in [0.2, 0.25) is 23.6 Å². The number of amides is 4. The second-order valence-electron chi connectivity index (χ2n) is 15.3. The van der Waals surface area contributed by atoms with Gasteiger partial charge >= 0.3 is 6.03 Å². The highest BCUT2D eigenvalue weighted by Gasteiger charge is 2.29. The van der Waals surface area contributed by atoms with Crippen LogP contribution in [-0.2, 0) is 41.3 Å². The molecule has 27 heteroatoms. The molecule has 23 nitrogen and oxygen atoms in total. The van der Waals surface area contributed by atoms with Crippen molar-refractivity contribution >= 4 is 83.8 Å².